The summed E-state index contributed by atoms with van der Waals surface area (Å²) in [5, 5.41) is 1.46. The fourth-order valence-corrected chi connectivity index (χ4v) is 4.60. The minimum Gasteiger partial charge on any atom is -0.457 e. The van der Waals surface area contributed by atoms with Crippen molar-refractivity contribution in [3.05, 3.63) is 168 Å². The molecule has 0 amide bonds. The number of rotatable bonds is 8. The highest BCUT2D eigenvalue weighted by molar-refractivity contribution is 6.22. The second-order valence-electron chi connectivity index (χ2n) is 9.24. The van der Waals surface area contributed by atoms with Crippen LogP contribution in [0.4, 0.5) is 0 Å². The van der Waals surface area contributed by atoms with Crippen molar-refractivity contribution in [3.63, 3.8) is 0 Å². The molecule has 0 saturated carbocycles. The molecule has 4 heteroatoms. The lowest BCUT2D eigenvalue weighted by Crippen LogP contribution is -2.06. The van der Waals surface area contributed by atoms with Gasteiger partial charge >= 0.3 is 0 Å². The summed E-state index contributed by atoms with van der Waals surface area (Å²) in [7, 11) is 0. The fraction of sp³-hybridized carbons (Fsp3) is 0. The second-order valence-corrected chi connectivity index (χ2v) is 9.24. The number of para-hydroxylation sites is 2. The van der Waals surface area contributed by atoms with Crippen LogP contribution in [0.25, 0.3) is 10.8 Å². The lowest BCUT2D eigenvalue weighted by molar-refractivity contribution is 0.103. The average molecular weight is 521 g/mol. The molecular weight excluding hydrogens is 496 g/mol. The SMILES string of the molecule is O=C(c1ccc(Oc2ccccc2)cc1)c1ccc(C(=O)c2ccc(Oc3ccccc3)cc2)c2ccccc12. The van der Waals surface area contributed by atoms with E-state index in [9.17, 15) is 9.59 Å². The van der Waals surface area contributed by atoms with Gasteiger partial charge in [-0.15, -0.1) is 0 Å². The predicted octanol–water partition coefficient (Wildman–Crippen LogP) is 8.89. The van der Waals surface area contributed by atoms with Crippen molar-refractivity contribution >= 4 is 22.3 Å². The Morgan fingerprint density at radius 3 is 1.05 bits per heavy atom. The number of fused-ring (bicyclic) bond motifs is 1. The zero-order chi connectivity index (χ0) is 27.3. The molecule has 0 aromatic heterocycles. The highest BCUT2D eigenvalue weighted by atomic mass is 16.5. The summed E-state index contributed by atoms with van der Waals surface area (Å²) in [5.41, 5.74) is 2.16. The van der Waals surface area contributed by atoms with E-state index in [0.717, 1.165) is 22.3 Å². The summed E-state index contributed by atoms with van der Waals surface area (Å²) in [6.45, 7) is 0. The number of carbonyl (C=O) groups excluding carboxylic acids is 2. The van der Waals surface area contributed by atoms with Gasteiger partial charge in [-0.1, -0.05) is 60.7 Å². The monoisotopic (exact) mass is 520 g/mol. The minimum atomic E-state index is -0.121. The van der Waals surface area contributed by atoms with Crippen molar-refractivity contribution in [1.29, 1.82) is 0 Å². The third-order valence-corrected chi connectivity index (χ3v) is 6.60. The van der Waals surface area contributed by atoms with Crippen molar-refractivity contribution in [1.82, 2.24) is 0 Å². The molecule has 0 unspecified atom stereocenters. The van der Waals surface area contributed by atoms with Crippen LogP contribution in [0.3, 0.4) is 0 Å². The van der Waals surface area contributed by atoms with E-state index in [1.54, 1.807) is 60.7 Å². The first-order valence-electron chi connectivity index (χ1n) is 12.9. The summed E-state index contributed by atoms with van der Waals surface area (Å²) >= 11 is 0. The molecule has 192 valence electrons. The largest absolute Gasteiger partial charge is 0.457 e. The Balaban J connectivity index is 1.25. The number of ketones is 2. The smallest absolute Gasteiger partial charge is 0.193 e. The van der Waals surface area contributed by atoms with Gasteiger partial charge in [0, 0.05) is 22.3 Å². The maximum absolute atomic E-state index is 13.5. The molecule has 0 heterocycles. The molecule has 0 atom stereocenters. The van der Waals surface area contributed by atoms with Crippen LogP contribution in [-0.2, 0) is 0 Å². The molecule has 0 aliphatic heterocycles. The Morgan fingerprint density at radius 2 is 0.675 bits per heavy atom. The van der Waals surface area contributed by atoms with Crippen LogP contribution in [0.1, 0.15) is 31.8 Å². The minimum absolute atomic E-state index is 0.121. The Morgan fingerprint density at radius 1 is 0.350 bits per heavy atom. The molecule has 0 saturated heterocycles. The Hall–Kier alpha value is -5.48. The quantitative estimate of drug-likeness (QED) is 0.188. The van der Waals surface area contributed by atoms with Crippen LogP contribution in [0.5, 0.6) is 23.0 Å². The molecule has 4 nitrogen and oxygen atoms in total. The van der Waals surface area contributed by atoms with Gasteiger partial charge in [-0.05, 0) is 95.7 Å². The molecule has 6 aromatic carbocycles. The van der Waals surface area contributed by atoms with E-state index < -0.39 is 0 Å². The molecule has 0 bridgehead atoms. The van der Waals surface area contributed by atoms with Gasteiger partial charge in [0.1, 0.15) is 23.0 Å². The number of ether oxygens (including phenoxy) is 2. The van der Waals surface area contributed by atoms with E-state index in [1.165, 1.54) is 0 Å². The first kappa shape index (κ1) is 24.8. The summed E-state index contributed by atoms with van der Waals surface area (Å²) in [5.74, 6) is 2.51. The summed E-state index contributed by atoms with van der Waals surface area (Å²) < 4.78 is 11.7. The van der Waals surface area contributed by atoms with Gasteiger partial charge in [-0.25, -0.2) is 0 Å². The Labute approximate surface area is 232 Å². The Bertz CT molecular complexity index is 1660. The van der Waals surface area contributed by atoms with Crippen LogP contribution >= 0.6 is 0 Å². The van der Waals surface area contributed by atoms with Crippen molar-refractivity contribution in [3.8, 4) is 23.0 Å². The van der Waals surface area contributed by atoms with Crippen molar-refractivity contribution in [2.45, 2.75) is 0 Å². The van der Waals surface area contributed by atoms with Gasteiger partial charge in [0.2, 0.25) is 0 Å². The summed E-state index contributed by atoms with van der Waals surface area (Å²) in [4.78, 5) is 27.1. The maximum atomic E-state index is 13.5. The highest BCUT2D eigenvalue weighted by Crippen LogP contribution is 2.29. The van der Waals surface area contributed by atoms with Crippen molar-refractivity contribution in [2.75, 3.05) is 0 Å². The molecule has 6 aromatic rings. The zero-order valence-electron chi connectivity index (χ0n) is 21.5. The normalized spacial score (nSPS) is 10.7. The lowest BCUT2D eigenvalue weighted by Gasteiger charge is -2.12. The average Bonchev–Trinajstić information content (AvgIpc) is 3.02. The first-order chi connectivity index (χ1) is 19.7. The van der Waals surface area contributed by atoms with Gasteiger partial charge in [-0.3, -0.25) is 9.59 Å². The molecule has 40 heavy (non-hydrogen) atoms. The van der Waals surface area contributed by atoms with Gasteiger partial charge in [0.05, 0.1) is 0 Å². The van der Waals surface area contributed by atoms with E-state index in [4.69, 9.17) is 9.47 Å². The molecule has 0 spiro atoms. The second kappa shape index (κ2) is 11.1. The zero-order valence-corrected chi connectivity index (χ0v) is 21.5. The number of hydrogen-bond donors (Lipinski definition) is 0. The summed E-state index contributed by atoms with van der Waals surface area (Å²) in [6, 6.07) is 44.1. The van der Waals surface area contributed by atoms with Crippen LogP contribution in [0.15, 0.2) is 146 Å². The topological polar surface area (TPSA) is 52.6 Å². The van der Waals surface area contributed by atoms with Crippen LogP contribution in [-0.4, -0.2) is 11.6 Å². The molecule has 6 rings (SSSR count). The first-order valence-corrected chi connectivity index (χ1v) is 12.9. The Kier molecular flexibility index (Phi) is 6.89. The van der Waals surface area contributed by atoms with Crippen LogP contribution in [0, 0.1) is 0 Å². The number of hydrogen-bond acceptors (Lipinski definition) is 4. The van der Waals surface area contributed by atoms with E-state index in [2.05, 4.69) is 0 Å². The van der Waals surface area contributed by atoms with Gasteiger partial charge < -0.3 is 9.47 Å². The standard InChI is InChI=1S/C36H24O4/c37-35(25-15-19-29(20-16-25)39-27-9-3-1-4-10-27)33-23-24-34(32-14-8-7-13-31(32)33)36(38)26-17-21-30(22-18-26)40-28-11-5-2-6-12-28/h1-24H. The third-order valence-electron chi connectivity index (χ3n) is 6.60. The van der Waals surface area contributed by atoms with Crippen LogP contribution in [0.2, 0.25) is 0 Å². The number of benzene rings is 6. The van der Waals surface area contributed by atoms with Crippen molar-refractivity contribution < 1.29 is 19.1 Å². The molecule has 0 radical (unpaired) electrons. The van der Waals surface area contributed by atoms with Gasteiger partial charge in [0.25, 0.3) is 0 Å². The lowest BCUT2D eigenvalue weighted by atomic mass is 9.91. The molecular formula is C36H24O4. The molecule has 0 aliphatic carbocycles. The van der Waals surface area contributed by atoms with E-state index in [-0.39, 0.29) is 11.6 Å². The molecule has 0 fully saturated rings. The predicted molar refractivity (Wildman–Crippen MR) is 157 cm³/mol. The number of carbonyl (C=O) groups is 2. The van der Waals surface area contributed by atoms with Gasteiger partial charge in [0.15, 0.2) is 11.6 Å². The summed E-state index contributed by atoms with van der Waals surface area (Å²) in [6.07, 6.45) is 0. The van der Waals surface area contributed by atoms with E-state index in [1.807, 2.05) is 84.9 Å². The maximum Gasteiger partial charge on any atom is 0.193 e. The highest BCUT2D eigenvalue weighted by Gasteiger charge is 2.18. The van der Waals surface area contributed by atoms with Crippen LogP contribution < -0.4 is 9.47 Å². The van der Waals surface area contributed by atoms with E-state index in [0.29, 0.717) is 33.8 Å². The van der Waals surface area contributed by atoms with E-state index >= 15 is 0 Å². The van der Waals surface area contributed by atoms with Crippen molar-refractivity contribution in [2.24, 2.45) is 0 Å². The van der Waals surface area contributed by atoms with Gasteiger partial charge in [-0.2, -0.15) is 0 Å². The third kappa shape index (κ3) is 5.24. The fourth-order valence-electron chi connectivity index (χ4n) is 4.60. The molecule has 0 aliphatic rings. The molecule has 0 N–H and O–H groups in total.